The van der Waals surface area contributed by atoms with Gasteiger partial charge in [0.2, 0.25) is 0 Å². The molecular formula is C24H43BrO2Si2. The van der Waals surface area contributed by atoms with Gasteiger partial charge in [0.25, 0.3) is 8.32 Å². The Bertz CT molecular complexity index is 636. The van der Waals surface area contributed by atoms with E-state index < -0.39 is 16.6 Å². The Kier molecular flexibility index (Phi) is 10.4. The van der Waals surface area contributed by atoms with E-state index in [9.17, 15) is 0 Å². The molecule has 0 aliphatic heterocycles. The number of rotatable bonds is 13. The lowest BCUT2D eigenvalue weighted by molar-refractivity contribution is 0.0944. The molecule has 0 aliphatic rings. The SMILES string of the molecule is C=CC(C)(C)C(O[Si](CC)(CC)CC)c1cccc(O[Si](CC)(CC)CC)c1Br. The molecule has 2 nitrogen and oxygen atoms in total. The highest BCUT2D eigenvalue weighted by molar-refractivity contribution is 9.10. The van der Waals surface area contributed by atoms with Gasteiger partial charge in [0.05, 0.1) is 10.6 Å². The fraction of sp³-hybridized carbons (Fsp3) is 0.667. The summed E-state index contributed by atoms with van der Waals surface area (Å²) >= 11 is 3.92. The van der Waals surface area contributed by atoms with Crippen LogP contribution in [-0.2, 0) is 4.43 Å². The zero-order valence-electron chi connectivity index (χ0n) is 20.0. The molecule has 0 radical (unpaired) electrons. The Labute approximate surface area is 190 Å². The Morgan fingerprint density at radius 3 is 1.83 bits per heavy atom. The van der Waals surface area contributed by atoms with Gasteiger partial charge in [0.15, 0.2) is 8.32 Å². The van der Waals surface area contributed by atoms with Gasteiger partial charge in [-0.05, 0) is 63.8 Å². The molecule has 0 spiro atoms. The summed E-state index contributed by atoms with van der Waals surface area (Å²) in [4.78, 5) is 0. The summed E-state index contributed by atoms with van der Waals surface area (Å²) in [6.45, 7) is 22.3. The van der Waals surface area contributed by atoms with Crippen LogP contribution in [0.2, 0.25) is 36.3 Å². The van der Waals surface area contributed by atoms with Gasteiger partial charge in [-0.3, -0.25) is 0 Å². The van der Waals surface area contributed by atoms with Crippen LogP contribution >= 0.6 is 15.9 Å². The van der Waals surface area contributed by atoms with E-state index in [-0.39, 0.29) is 11.5 Å². The molecule has 0 heterocycles. The van der Waals surface area contributed by atoms with E-state index in [0.29, 0.717) is 0 Å². The first kappa shape index (κ1) is 26.7. The first-order chi connectivity index (χ1) is 13.6. The van der Waals surface area contributed by atoms with Crippen LogP contribution in [0.25, 0.3) is 0 Å². The number of halogens is 1. The first-order valence-corrected chi connectivity index (χ1v) is 17.3. The van der Waals surface area contributed by atoms with Crippen LogP contribution in [0, 0.1) is 5.41 Å². The van der Waals surface area contributed by atoms with Crippen molar-refractivity contribution in [3.63, 3.8) is 0 Å². The standard InChI is InChI=1S/C24H43BrO2Si2/c1-10-24(8,9)23(27-29(14-5,15-6)16-7)20-18-17-19-21(22(20)25)26-28(11-2,12-3)13-4/h10,17-19,23H,1,11-16H2,2-9H3. The van der Waals surface area contributed by atoms with Crippen molar-refractivity contribution in [1.82, 2.24) is 0 Å². The van der Waals surface area contributed by atoms with Crippen molar-refractivity contribution in [2.45, 2.75) is 97.8 Å². The summed E-state index contributed by atoms with van der Waals surface area (Å²) in [7, 11) is -3.55. The summed E-state index contributed by atoms with van der Waals surface area (Å²) in [6, 6.07) is 13.2. The summed E-state index contributed by atoms with van der Waals surface area (Å²) in [5.74, 6) is 0.977. The highest BCUT2D eigenvalue weighted by Gasteiger charge is 2.40. The molecule has 1 unspecified atom stereocenters. The zero-order chi connectivity index (χ0) is 22.3. The second-order valence-electron chi connectivity index (χ2n) is 8.77. The van der Waals surface area contributed by atoms with Gasteiger partial charge >= 0.3 is 0 Å². The van der Waals surface area contributed by atoms with Crippen LogP contribution in [0.5, 0.6) is 5.75 Å². The maximum atomic E-state index is 7.07. The normalized spacial score (nSPS) is 14.0. The topological polar surface area (TPSA) is 18.5 Å². The quantitative estimate of drug-likeness (QED) is 0.199. The maximum Gasteiger partial charge on any atom is 0.250 e. The van der Waals surface area contributed by atoms with Crippen molar-refractivity contribution in [3.05, 3.63) is 40.9 Å². The predicted molar refractivity (Wildman–Crippen MR) is 137 cm³/mol. The van der Waals surface area contributed by atoms with Gasteiger partial charge in [-0.25, -0.2) is 0 Å². The van der Waals surface area contributed by atoms with Crippen LogP contribution in [0.15, 0.2) is 35.3 Å². The molecule has 0 aliphatic carbocycles. The highest BCUT2D eigenvalue weighted by Crippen LogP contribution is 2.46. The van der Waals surface area contributed by atoms with E-state index in [0.717, 1.165) is 46.5 Å². The Hall–Kier alpha value is -0.366. The number of hydrogen-bond acceptors (Lipinski definition) is 2. The average molecular weight is 500 g/mol. The Balaban J connectivity index is 3.50. The van der Waals surface area contributed by atoms with Crippen LogP contribution in [-0.4, -0.2) is 16.6 Å². The van der Waals surface area contributed by atoms with Gasteiger partial charge in [-0.2, -0.15) is 0 Å². The number of hydrogen-bond donors (Lipinski definition) is 0. The average Bonchev–Trinajstić information content (AvgIpc) is 2.75. The zero-order valence-corrected chi connectivity index (χ0v) is 23.6. The third kappa shape index (κ3) is 6.08. The molecule has 1 atom stereocenters. The smallest absolute Gasteiger partial charge is 0.250 e. The molecule has 166 valence electrons. The minimum absolute atomic E-state index is 0.0367. The van der Waals surface area contributed by atoms with Gasteiger partial charge in [-0.1, -0.05) is 73.6 Å². The molecule has 0 fully saturated rings. The van der Waals surface area contributed by atoms with Crippen LogP contribution < -0.4 is 4.43 Å². The van der Waals surface area contributed by atoms with E-state index in [1.807, 2.05) is 6.08 Å². The Morgan fingerprint density at radius 1 is 0.931 bits per heavy atom. The summed E-state index contributed by atoms with van der Waals surface area (Å²) < 4.78 is 14.9. The van der Waals surface area contributed by atoms with E-state index in [4.69, 9.17) is 8.85 Å². The molecule has 0 aromatic heterocycles. The van der Waals surface area contributed by atoms with Gasteiger partial charge in [-0.15, -0.1) is 6.58 Å². The fourth-order valence-corrected chi connectivity index (χ4v) is 10.2. The monoisotopic (exact) mass is 498 g/mol. The van der Waals surface area contributed by atoms with Crippen molar-refractivity contribution in [3.8, 4) is 5.75 Å². The third-order valence-corrected chi connectivity index (χ3v) is 17.0. The summed E-state index contributed by atoms with van der Waals surface area (Å²) in [5.41, 5.74) is 1.01. The molecule has 0 bridgehead atoms. The molecule has 0 amide bonds. The van der Waals surface area contributed by atoms with Crippen molar-refractivity contribution in [2.24, 2.45) is 5.41 Å². The molecule has 0 saturated heterocycles. The third-order valence-electron chi connectivity index (χ3n) is 7.04. The lowest BCUT2D eigenvalue weighted by Gasteiger charge is -2.41. The molecule has 1 aromatic carbocycles. The van der Waals surface area contributed by atoms with E-state index in [1.54, 1.807) is 0 Å². The van der Waals surface area contributed by atoms with E-state index in [1.165, 1.54) is 5.56 Å². The molecule has 1 aromatic rings. The van der Waals surface area contributed by atoms with Gasteiger partial charge in [0, 0.05) is 5.41 Å². The van der Waals surface area contributed by atoms with Crippen molar-refractivity contribution < 1.29 is 8.85 Å². The van der Waals surface area contributed by atoms with Gasteiger partial charge < -0.3 is 8.85 Å². The van der Waals surface area contributed by atoms with Crippen LogP contribution in [0.4, 0.5) is 0 Å². The fourth-order valence-electron chi connectivity index (χ4n) is 3.98. The van der Waals surface area contributed by atoms with Crippen molar-refractivity contribution >= 4 is 32.6 Å². The van der Waals surface area contributed by atoms with Crippen LogP contribution in [0.1, 0.15) is 67.1 Å². The lowest BCUT2D eigenvalue weighted by atomic mass is 9.83. The van der Waals surface area contributed by atoms with Crippen LogP contribution in [0.3, 0.4) is 0 Å². The highest BCUT2D eigenvalue weighted by atomic mass is 79.9. The number of benzene rings is 1. The molecule has 1 rings (SSSR count). The molecule has 29 heavy (non-hydrogen) atoms. The minimum atomic E-state index is -1.80. The molecule has 5 heteroatoms. The van der Waals surface area contributed by atoms with Crippen molar-refractivity contribution in [2.75, 3.05) is 0 Å². The first-order valence-electron chi connectivity index (χ1n) is 11.4. The van der Waals surface area contributed by atoms with Gasteiger partial charge in [0.1, 0.15) is 5.75 Å². The molecule has 0 saturated carbocycles. The largest absolute Gasteiger partial charge is 0.543 e. The summed E-state index contributed by atoms with van der Waals surface area (Å²) in [5, 5.41) is 0. The lowest BCUT2D eigenvalue weighted by Crippen LogP contribution is -2.41. The van der Waals surface area contributed by atoms with E-state index >= 15 is 0 Å². The molecule has 0 N–H and O–H groups in total. The van der Waals surface area contributed by atoms with E-state index in [2.05, 4.69) is 96.1 Å². The second kappa shape index (κ2) is 11.3. The summed E-state index contributed by atoms with van der Waals surface area (Å²) in [6.07, 6.45) is 2.01. The minimum Gasteiger partial charge on any atom is -0.543 e. The Morgan fingerprint density at radius 2 is 1.41 bits per heavy atom. The van der Waals surface area contributed by atoms with Crippen molar-refractivity contribution in [1.29, 1.82) is 0 Å². The second-order valence-corrected chi connectivity index (χ2v) is 19.0. The maximum absolute atomic E-state index is 7.07. The molecular weight excluding hydrogens is 456 g/mol. The predicted octanol–water partition coefficient (Wildman–Crippen LogP) is 9.11.